The second-order valence-electron chi connectivity index (χ2n) is 3.58. The summed E-state index contributed by atoms with van der Waals surface area (Å²) in [6.07, 6.45) is 2.04. The van der Waals surface area contributed by atoms with Gasteiger partial charge >= 0.3 is 12.1 Å². The Morgan fingerprint density at radius 2 is 2.21 bits per heavy atom. The number of hydrogen-bond acceptors (Lipinski definition) is 5. The SMILES string of the molecule is C=CCOC(=O)Nc1cn(C)c(C(=O)OCC)c1O. The topological polar surface area (TPSA) is 89.8 Å². The standard InChI is InChI=1S/C12H16N2O5/c1-4-6-19-12(17)13-8-7-14(3)9(10(8)15)11(16)18-5-2/h4,7,15H,1,5-6H2,2-3H3,(H,13,17). The summed E-state index contributed by atoms with van der Waals surface area (Å²) in [5.74, 6) is -1.04. The van der Waals surface area contributed by atoms with Crippen LogP contribution in [-0.2, 0) is 16.5 Å². The minimum Gasteiger partial charge on any atom is -0.504 e. The highest BCUT2D eigenvalue weighted by Crippen LogP contribution is 2.30. The average Bonchev–Trinajstić information content (AvgIpc) is 2.62. The van der Waals surface area contributed by atoms with E-state index in [1.807, 2.05) is 0 Å². The molecule has 2 N–H and O–H groups in total. The maximum Gasteiger partial charge on any atom is 0.412 e. The summed E-state index contributed by atoms with van der Waals surface area (Å²) >= 11 is 0. The molecule has 0 saturated heterocycles. The molecule has 0 aliphatic carbocycles. The molecule has 0 bridgehead atoms. The van der Waals surface area contributed by atoms with Crippen molar-refractivity contribution in [2.24, 2.45) is 7.05 Å². The van der Waals surface area contributed by atoms with Crippen molar-refractivity contribution in [3.05, 3.63) is 24.5 Å². The Bertz CT molecular complexity index is 493. The molecule has 1 aromatic rings. The first-order valence-corrected chi connectivity index (χ1v) is 5.61. The lowest BCUT2D eigenvalue weighted by Gasteiger charge is -2.04. The lowest BCUT2D eigenvalue weighted by molar-refractivity contribution is 0.0511. The molecule has 0 unspecified atom stereocenters. The highest BCUT2D eigenvalue weighted by molar-refractivity contribution is 5.96. The summed E-state index contributed by atoms with van der Waals surface area (Å²) in [6.45, 7) is 5.29. The molecule has 0 radical (unpaired) electrons. The highest BCUT2D eigenvalue weighted by Gasteiger charge is 2.22. The van der Waals surface area contributed by atoms with Crippen LogP contribution < -0.4 is 5.32 Å². The van der Waals surface area contributed by atoms with Crippen LogP contribution in [0.25, 0.3) is 0 Å². The summed E-state index contributed by atoms with van der Waals surface area (Å²) in [5, 5.41) is 12.2. The van der Waals surface area contributed by atoms with Gasteiger partial charge in [0.2, 0.25) is 0 Å². The van der Waals surface area contributed by atoms with Crippen molar-refractivity contribution < 1.29 is 24.2 Å². The minimum atomic E-state index is -0.754. The Morgan fingerprint density at radius 1 is 1.53 bits per heavy atom. The van der Waals surface area contributed by atoms with Gasteiger partial charge < -0.3 is 19.1 Å². The van der Waals surface area contributed by atoms with Gasteiger partial charge in [-0.1, -0.05) is 12.7 Å². The van der Waals surface area contributed by atoms with Gasteiger partial charge in [-0.05, 0) is 6.92 Å². The smallest absolute Gasteiger partial charge is 0.412 e. The van der Waals surface area contributed by atoms with Crippen LogP contribution in [0.15, 0.2) is 18.9 Å². The second-order valence-corrected chi connectivity index (χ2v) is 3.58. The molecule has 0 spiro atoms. The largest absolute Gasteiger partial charge is 0.504 e. The molecule has 0 saturated carbocycles. The molecule has 19 heavy (non-hydrogen) atoms. The summed E-state index contributed by atoms with van der Waals surface area (Å²) in [7, 11) is 1.55. The summed E-state index contributed by atoms with van der Waals surface area (Å²) in [5.41, 5.74) is 0.0282. The summed E-state index contributed by atoms with van der Waals surface area (Å²) in [4.78, 5) is 22.9. The Morgan fingerprint density at radius 3 is 2.79 bits per heavy atom. The van der Waals surface area contributed by atoms with E-state index in [1.54, 1.807) is 14.0 Å². The van der Waals surface area contributed by atoms with Crippen molar-refractivity contribution in [3.63, 3.8) is 0 Å². The molecular formula is C12H16N2O5. The number of nitrogens with zero attached hydrogens (tertiary/aromatic N) is 1. The van der Waals surface area contributed by atoms with E-state index in [1.165, 1.54) is 16.8 Å². The van der Waals surface area contributed by atoms with E-state index >= 15 is 0 Å². The molecule has 0 atom stereocenters. The van der Waals surface area contributed by atoms with Crippen LogP contribution in [0.2, 0.25) is 0 Å². The van der Waals surface area contributed by atoms with Crippen molar-refractivity contribution in [2.45, 2.75) is 6.92 Å². The molecule has 0 aliphatic rings. The van der Waals surface area contributed by atoms with Gasteiger partial charge in [-0.15, -0.1) is 0 Å². The van der Waals surface area contributed by atoms with E-state index in [9.17, 15) is 14.7 Å². The van der Waals surface area contributed by atoms with Crippen LogP contribution >= 0.6 is 0 Å². The zero-order valence-electron chi connectivity index (χ0n) is 10.8. The fraction of sp³-hybridized carbons (Fsp3) is 0.333. The van der Waals surface area contributed by atoms with E-state index in [0.717, 1.165) is 0 Å². The number of carbonyl (C=O) groups is 2. The molecule has 1 rings (SSSR count). The molecular weight excluding hydrogens is 252 g/mol. The van der Waals surface area contributed by atoms with E-state index in [2.05, 4.69) is 11.9 Å². The number of nitrogens with one attached hydrogen (secondary N) is 1. The number of hydrogen-bond donors (Lipinski definition) is 2. The first-order valence-electron chi connectivity index (χ1n) is 5.61. The quantitative estimate of drug-likeness (QED) is 0.626. The Kier molecular flexibility index (Phi) is 4.99. The average molecular weight is 268 g/mol. The maximum atomic E-state index is 11.6. The number of aromatic hydroxyl groups is 1. The lowest BCUT2D eigenvalue weighted by Crippen LogP contribution is -2.13. The molecule has 1 heterocycles. The van der Waals surface area contributed by atoms with Gasteiger partial charge in [0.25, 0.3) is 0 Å². The molecule has 0 fully saturated rings. The molecule has 1 amide bonds. The summed E-state index contributed by atoms with van der Waals surface area (Å²) in [6, 6.07) is 0. The van der Waals surface area contributed by atoms with Crippen LogP contribution in [0.3, 0.4) is 0 Å². The van der Waals surface area contributed by atoms with Crippen molar-refractivity contribution in [1.82, 2.24) is 4.57 Å². The van der Waals surface area contributed by atoms with Gasteiger partial charge in [-0.25, -0.2) is 9.59 Å². The Labute approximate surface area is 110 Å². The fourth-order valence-electron chi connectivity index (χ4n) is 1.43. The molecule has 7 heteroatoms. The molecule has 1 aromatic heterocycles. The van der Waals surface area contributed by atoms with E-state index < -0.39 is 12.1 Å². The Balaban J connectivity index is 2.87. The molecule has 104 valence electrons. The normalized spacial score (nSPS) is 9.79. The summed E-state index contributed by atoms with van der Waals surface area (Å²) < 4.78 is 10.9. The third-order valence-corrected chi connectivity index (χ3v) is 2.19. The first kappa shape index (κ1) is 14.6. The number of rotatable bonds is 5. The number of anilines is 1. The van der Waals surface area contributed by atoms with Crippen LogP contribution in [0.1, 0.15) is 17.4 Å². The zero-order chi connectivity index (χ0) is 14.4. The van der Waals surface area contributed by atoms with Crippen LogP contribution in [0.4, 0.5) is 10.5 Å². The minimum absolute atomic E-state index is 0.0409. The fourth-order valence-corrected chi connectivity index (χ4v) is 1.43. The monoisotopic (exact) mass is 268 g/mol. The number of amides is 1. The third-order valence-electron chi connectivity index (χ3n) is 2.19. The van der Waals surface area contributed by atoms with Crippen molar-refractivity contribution in [2.75, 3.05) is 18.5 Å². The molecule has 0 aromatic carbocycles. The van der Waals surface area contributed by atoms with E-state index in [-0.39, 0.29) is 30.3 Å². The van der Waals surface area contributed by atoms with Crippen molar-refractivity contribution in [3.8, 4) is 5.75 Å². The van der Waals surface area contributed by atoms with Gasteiger partial charge in [0.1, 0.15) is 12.3 Å². The number of aryl methyl sites for hydroxylation is 1. The predicted molar refractivity (Wildman–Crippen MR) is 68.2 cm³/mol. The zero-order valence-corrected chi connectivity index (χ0v) is 10.8. The number of carbonyl (C=O) groups excluding carboxylic acids is 2. The van der Waals surface area contributed by atoms with Crippen LogP contribution in [0, 0.1) is 0 Å². The van der Waals surface area contributed by atoms with Crippen molar-refractivity contribution in [1.29, 1.82) is 0 Å². The maximum absolute atomic E-state index is 11.6. The molecule has 7 nitrogen and oxygen atoms in total. The van der Waals surface area contributed by atoms with E-state index in [4.69, 9.17) is 9.47 Å². The third kappa shape index (κ3) is 3.51. The van der Waals surface area contributed by atoms with Gasteiger partial charge in [0.05, 0.1) is 6.61 Å². The van der Waals surface area contributed by atoms with Gasteiger partial charge in [0, 0.05) is 13.2 Å². The predicted octanol–water partition coefficient (Wildman–Crippen LogP) is 1.64. The lowest BCUT2D eigenvalue weighted by atomic mass is 10.3. The number of aromatic nitrogens is 1. The second kappa shape index (κ2) is 6.48. The first-order chi connectivity index (χ1) is 9.01. The van der Waals surface area contributed by atoms with Gasteiger partial charge in [-0.2, -0.15) is 0 Å². The van der Waals surface area contributed by atoms with Gasteiger partial charge in [0.15, 0.2) is 11.4 Å². The highest BCUT2D eigenvalue weighted by atomic mass is 16.5. The van der Waals surface area contributed by atoms with Crippen LogP contribution in [0.5, 0.6) is 5.75 Å². The van der Waals surface area contributed by atoms with E-state index in [0.29, 0.717) is 0 Å². The Hall–Kier alpha value is -2.44. The van der Waals surface area contributed by atoms with Crippen LogP contribution in [-0.4, -0.2) is 34.9 Å². The molecule has 0 aliphatic heterocycles. The van der Waals surface area contributed by atoms with Crippen molar-refractivity contribution >= 4 is 17.7 Å². The number of esters is 1. The van der Waals surface area contributed by atoms with Gasteiger partial charge in [-0.3, -0.25) is 5.32 Å². The number of ether oxygens (including phenoxy) is 2.